The van der Waals surface area contributed by atoms with Crippen LogP contribution in [0.4, 0.5) is 18.9 Å². The molecule has 1 unspecified atom stereocenters. The van der Waals surface area contributed by atoms with Crippen molar-refractivity contribution in [2.45, 2.75) is 45.3 Å². The number of halogens is 3. The number of benzene rings is 1. The number of nitrogens with two attached hydrogens (primary N) is 1. The van der Waals surface area contributed by atoms with Gasteiger partial charge >= 0.3 is 6.18 Å². The van der Waals surface area contributed by atoms with Crippen molar-refractivity contribution in [1.82, 2.24) is 0 Å². The predicted molar refractivity (Wildman–Crippen MR) is 79.9 cm³/mol. The number of hydrogen-bond acceptors (Lipinski definition) is 2. The minimum absolute atomic E-state index is 0.0405. The first-order valence-electron chi connectivity index (χ1n) is 6.53. The van der Waals surface area contributed by atoms with E-state index < -0.39 is 11.7 Å². The van der Waals surface area contributed by atoms with E-state index in [0.717, 1.165) is 31.4 Å². The number of rotatable bonds is 6. The summed E-state index contributed by atoms with van der Waals surface area (Å²) in [6.07, 6.45) is -1.33. The molecule has 1 atom stereocenters. The normalized spacial score (nSPS) is 13.1. The number of thiocarbonyl (C=S) groups is 1. The number of hydrogen-bond donors (Lipinski definition) is 2. The molecule has 0 aliphatic rings. The van der Waals surface area contributed by atoms with Gasteiger partial charge in [0.25, 0.3) is 0 Å². The van der Waals surface area contributed by atoms with Crippen LogP contribution in [-0.4, -0.2) is 11.0 Å². The van der Waals surface area contributed by atoms with Gasteiger partial charge in [-0.15, -0.1) is 0 Å². The lowest BCUT2D eigenvalue weighted by atomic mass is 10.1. The average molecular weight is 304 g/mol. The maximum absolute atomic E-state index is 12.7. The second kappa shape index (κ2) is 6.92. The molecule has 1 rings (SSSR count). The van der Waals surface area contributed by atoms with E-state index in [0.29, 0.717) is 5.69 Å². The maximum atomic E-state index is 12.7. The third kappa shape index (κ3) is 4.67. The lowest BCUT2D eigenvalue weighted by Gasteiger charge is -2.19. The summed E-state index contributed by atoms with van der Waals surface area (Å²) in [6, 6.07) is 3.58. The second-order valence-corrected chi connectivity index (χ2v) is 5.25. The highest BCUT2D eigenvalue weighted by Gasteiger charge is 2.31. The zero-order chi connectivity index (χ0) is 15.3. The van der Waals surface area contributed by atoms with E-state index in [2.05, 4.69) is 12.2 Å². The van der Waals surface area contributed by atoms with Gasteiger partial charge in [-0.25, -0.2) is 0 Å². The van der Waals surface area contributed by atoms with Crippen LogP contribution in [0.1, 0.15) is 44.2 Å². The third-order valence-corrected chi connectivity index (χ3v) is 3.22. The molecule has 0 saturated heterocycles. The zero-order valence-electron chi connectivity index (χ0n) is 11.6. The van der Waals surface area contributed by atoms with Crippen molar-refractivity contribution in [3.63, 3.8) is 0 Å². The summed E-state index contributed by atoms with van der Waals surface area (Å²) in [6.45, 7) is 4.07. The lowest BCUT2D eigenvalue weighted by Crippen LogP contribution is -2.20. The van der Waals surface area contributed by atoms with Gasteiger partial charge in [-0.3, -0.25) is 0 Å². The summed E-state index contributed by atoms with van der Waals surface area (Å²) in [5.41, 5.74) is 5.57. The summed E-state index contributed by atoms with van der Waals surface area (Å²) in [4.78, 5) is -0.0405. The van der Waals surface area contributed by atoms with Crippen LogP contribution in [-0.2, 0) is 6.18 Å². The first-order chi connectivity index (χ1) is 9.25. The molecule has 1 aromatic carbocycles. The highest BCUT2D eigenvalue weighted by molar-refractivity contribution is 7.80. The van der Waals surface area contributed by atoms with Crippen LogP contribution in [0.25, 0.3) is 0 Å². The molecular formula is C14H19F3N2S. The van der Waals surface area contributed by atoms with Crippen molar-refractivity contribution >= 4 is 22.9 Å². The van der Waals surface area contributed by atoms with E-state index in [9.17, 15) is 13.2 Å². The molecular weight excluding hydrogens is 285 g/mol. The topological polar surface area (TPSA) is 38.0 Å². The van der Waals surface area contributed by atoms with Crippen molar-refractivity contribution in [3.8, 4) is 0 Å². The third-order valence-electron chi connectivity index (χ3n) is 3.00. The number of unbranched alkanes of at least 4 members (excludes halogenated alkanes) is 1. The average Bonchev–Trinajstić information content (AvgIpc) is 2.35. The summed E-state index contributed by atoms with van der Waals surface area (Å²) >= 11 is 4.84. The molecule has 0 amide bonds. The Morgan fingerprint density at radius 3 is 2.55 bits per heavy atom. The van der Waals surface area contributed by atoms with Gasteiger partial charge in [0.05, 0.1) is 5.56 Å². The van der Waals surface area contributed by atoms with Gasteiger partial charge in [-0.2, -0.15) is 13.2 Å². The summed E-state index contributed by atoms with van der Waals surface area (Å²) in [7, 11) is 0. The monoisotopic (exact) mass is 304 g/mol. The van der Waals surface area contributed by atoms with E-state index in [1.165, 1.54) is 6.07 Å². The minimum Gasteiger partial charge on any atom is -0.389 e. The summed E-state index contributed by atoms with van der Waals surface area (Å²) in [5.74, 6) is 0. The maximum Gasteiger partial charge on any atom is 0.416 e. The molecule has 0 aliphatic carbocycles. The Labute approximate surface area is 122 Å². The molecule has 2 nitrogen and oxygen atoms in total. The molecule has 1 aromatic rings. The van der Waals surface area contributed by atoms with E-state index in [1.54, 1.807) is 0 Å². The van der Waals surface area contributed by atoms with Crippen molar-refractivity contribution in [1.29, 1.82) is 0 Å². The fraction of sp³-hybridized carbons (Fsp3) is 0.500. The highest BCUT2D eigenvalue weighted by atomic mass is 32.1. The Balaban J connectivity index is 2.99. The molecule has 0 fully saturated rings. The van der Waals surface area contributed by atoms with Crippen LogP contribution < -0.4 is 11.1 Å². The van der Waals surface area contributed by atoms with Gasteiger partial charge in [0, 0.05) is 17.3 Å². The van der Waals surface area contributed by atoms with E-state index in [4.69, 9.17) is 18.0 Å². The zero-order valence-corrected chi connectivity index (χ0v) is 12.4. The van der Waals surface area contributed by atoms with Gasteiger partial charge in [-0.05, 0) is 31.5 Å². The second-order valence-electron chi connectivity index (χ2n) is 4.81. The number of alkyl halides is 3. The Morgan fingerprint density at radius 2 is 2.05 bits per heavy atom. The van der Waals surface area contributed by atoms with E-state index >= 15 is 0 Å². The first kappa shape index (κ1) is 16.8. The van der Waals surface area contributed by atoms with Gasteiger partial charge in [0.15, 0.2) is 0 Å². The largest absolute Gasteiger partial charge is 0.416 e. The molecule has 0 saturated carbocycles. The van der Waals surface area contributed by atoms with Crippen molar-refractivity contribution < 1.29 is 13.2 Å². The molecule has 0 radical (unpaired) electrons. The van der Waals surface area contributed by atoms with Gasteiger partial charge in [0.2, 0.25) is 0 Å². The molecule has 3 N–H and O–H groups in total. The van der Waals surface area contributed by atoms with Crippen molar-refractivity contribution in [3.05, 3.63) is 29.3 Å². The van der Waals surface area contributed by atoms with Crippen LogP contribution in [0.5, 0.6) is 0 Å². The minimum atomic E-state index is -4.40. The number of anilines is 1. The Morgan fingerprint density at radius 1 is 1.40 bits per heavy atom. The fourth-order valence-corrected chi connectivity index (χ4v) is 2.07. The van der Waals surface area contributed by atoms with Crippen LogP contribution in [0.3, 0.4) is 0 Å². The SMILES string of the molecule is CCCCC(C)Nc1ccc(C(F)(F)F)cc1C(N)=S. The smallest absolute Gasteiger partial charge is 0.389 e. The van der Waals surface area contributed by atoms with Crippen LogP contribution >= 0.6 is 12.2 Å². The van der Waals surface area contributed by atoms with Crippen LogP contribution in [0.15, 0.2) is 18.2 Å². The Kier molecular flexibility index (Phi) is 5.80. The lowest BCUT2D eigenvalue weighted by molar-refractivity contribution is -0.137. The molecule has 6 heteroatoms. The van der Waals surface area contributed by atoms with Crippen molar-refractivity contribution in [2.24, 2.45) is 5.73 Å². The Bertz CT molecular complexity index is 472. The fourth-order valence-electron chi connectivity index (χ4n) is 1.90. The van der Waals surface area contributed by atoms with Gasteiger partial charge in [0.1, 0.15) is 4.99 Å². The Hall–Kier alpha value is -1.30. The predicted octanol–water partition coefficient (Wildman–Crippen LogP) is 4.33. The first-order valence-corrected chi connectivity index (χ1v) is 6.94. The number of nitrogens with one attached hydrogen (secondary N) is 1. The van der Waals surface area contributed by atoms with Crippen LogP contribution in [0, 0.1) is 0 Å². The molecule has 0 bridgehead atoms. The summed E-state index contributed by atoms with van der Waals surface area (Å²) < 4.78 is 38.1. The molecule has 20 heavy (non-hydrogen) atoms. The van der Waals surface area contributed by atoms with Crippen LogP contribution in [0.2, 0.25) is 0 Å². The van der Waals surface area contributed by atoms with E-state index in [-0.39, 0.29) is 16.6 Å². The van der Waals surface area contributed by atoms with Gasteiger partial charge < -0.3 is 11.1 Å². The standard InChI is InChI=1S/C14H19F3N2S/c1-3-4-5-9(2)19-12-7-6-10(14(15,16)17)8-11(12)13(18)20/h6-9,19H,3-5H2,1-2H3,(H2,18,20). The van der Waals surface area contributed by atoms with E-state index in [1.807, 2.05) is 6.92 Å². The summed E-state index contributed by atoms with van der Waals surface area (Å²) in [5, 5.41) is 3.17. The molecule has 0 aliphatic heterocycles. The quantitative estimate of drug-likeness (QED) is 0.768. The molecule has 0 spiro atoms. The van der Waals surface area contributed by atoms with Gasteiger partial charge in [-0.1, -0.05) is 32.0 Å². The molecule has 0 heterocycles. The molecule has 0 aromatic heterocycles. The van der Waals surface area contributed by atoms with Crippen molar-refractivity contribution in [2.75, 3.05) is 5.32 Å². The molecule has 112 valence electrons. The highest BCUT2D eigenvalue weighted by Crippen LogP contribution is 2.32.